The third-order valence-corrected chi connectivity index (χ3v) is 3.64. The van der Waals surface area contributed by atoms with Crippen molar-refractivity contribution in [3.8, 4) is 0 Å². The van der Waals surface area contributed by atoms with Crippen molar-refractivity contribution in [2.45, 2.75) is 12.8 Å². The molecule has 104 valence electrons. The lowest BCUT2D eigenvalue weighted by atomic mass is 10.0. The van der Waals surface area contributed by atoms with E-state index in [0.717, 1.165) is 43.3 Å². The van der Waals surface area contributed by atoms with Crippen LogP contribution in [0, 0.1) is 5.92 Å². The van der Waals surface area contributed by atoms with E-state index in [1.165, 1.54) is 0 Å². The maximum atomic E-state index is 4.36. The van der Waals surface area contributed by atoms with Gasteiger partial charge in [-0.05, 0) is 18.8 Å². The number of nitrogens with one attached hydrogen (secondary N) is 1. The Morgan fingerprint density at radius 1 is 1.30 bits per heavy atom. The fraction of sp³-hybridized carbons (Fsp3) is 0.429. The Morgan fingerprint density at radius 3 is 3.05 bits per heavy atom. The molecule has 0 aromatic carbocycles. The van der Waals surface area contributed by atoms with Gasteiger partial charge in [-0.2, -0.15) is 0 Å². The van der Waals surface area contributed by atoms with Gasteiger partial charge < -0.3 is 10.2 Å². The van der Waals surface area contributed by atoms with Gasteiger partial charge in [0.1, 0.15) is 18.0 Å². The number of anilines is 2. The lowest BCUT2D eigenvalue weighted by Crippen LogP contribution is -2.21. The molecule has 1 aliphatic heterocycles. The maximum absolute atomic E-state index is 4.36. The molecule has 3 heterocycles. The van der Waals surface area contributed by atoms with Crippen LogP contribution in [0.1, 0.15) is 12.1 Å². The second kappa shape index (κ2) is 5.81. The zero-order chi connectivity index (χ0) is 13.8. The van der Waals surface area contributed by atoms with Crippen molar-refractivity contribution in [2.24, 2.45) is 5.92 Å². The second-order valence-electron chi connectivity index (χ2n) is 5.01. The normalized spacial score (nSPS) is 18.2. The van der Waals surface area contributed by atoms with Crippen molar-refractivity contribution in [3.63, 3.8) is 0 Å². The quantitative estimate of drug-likeness (QED) is 0.905. The van der Waals surface area contributed by atoms with E-state index in [2.05, 4.69) is 30.2 Å². The molecule has 2 aromatic rings. The first-order valence-corrected chi connectivity index (χ1v) is 6.85. The van der Waals surface area contributed by atoms with Crippen LogP contribution in [0.15, 0.2) is 31.0 Å². The van der Waals surface area contributed by atoms with Gasteiger partial charge in [-0.3, -0.25) is 4.98 Å². The van der Waals surface area contributed by atoms with E-state index in [9.17, 15) is 0 Å². The van der Waals surface area contributed by atoms with Gasteiger partial charge in [0.15, 0.2) is 0 Å². The Morgan fingerprint density at radius 2 is 2.25 bits per heavy atom. The van der Waals surface area contributed by atoms with E-state index < -0.39 is 0 Å². The molecule has 1 saturated heterocycles. The first kappa shape index (κ1) is 12.8. The summed E-state index contributed by atoms with van der Waals surface area (Å²) in [5.41, 5.74) is 1.09. The van der Waals surface area contributed by atoms with Gasteiger partial charge in [-0.15, -0.1) is 0 Å². The predicted octanol–water partition coefficient (Wildman–Crippen LogP) is 1.38. The zero-order valence-electron chi connectivity index (χ0n) is 11.5. The summed E-state index contributed by atoms with van der Waals surface area (Å²) >= 11 is 0. The molecule has 0 bridgehead atoms. The minimum atomic E-state index is 0.608. The molecule has 1 atom stereocenters. The number of hydrogen-bond donors (Lipinski definition) is 1. The van der Waals surface area contributed by atoms with Crippen LogP contribution < -0.4 is 10.2 Å². The minimum absolute atomic E-state index is 0.608. The molecular formula is C14H18N6. The monoisotopic (exact) mass is 270 g/mol. The average molecular weight is 270 g/mol. The van der Waals surface area contributed by atoms with E-state index in [0.29, 0.717) is 5.92 Å². The summed E-state index contributed by atoms with van der Waals surface area (Å²) in [6, 6.07) is 2.02. The molecule has 0 unspecified atom stereocenters. The highest BCUT2D eigenvalue weighted by atomic mass is 15.2. The molecule has 6 heteroatoms. The fourth-order valence-electron chi connectivity index (χ4n) is 2.60. The summed E-state index contributed by atoms with van der Waals surface area (Å²) in [6.45, 7) is 2.05. The summed E-state index contributed by atoms with van der Waals surface area (Å²) < 4.78 is 0. The van der Waals surface area contributed by atoms with Crippen LogP contribution in [0.5, 0.6) is 0 Å². The molecule has 6 nitrogen and oxygen atoms in total. The zero-order valence-corrected chi connectivity index (χ0v) is 11.5. The van der Waals surface area contributed by atoms with Crippen molar-refractivity contribution < 1.29 is 0 Å². The van der Waals surface area contributed by atoms with Gasteiger partial charge in [-0.25, -0.2) is 15.0 Å². The summed E-state index contributed by atoms with van der Waals surface area (Å²) in [7, 11) is 1.87. The third-order valence-electron chi connectivity index (χ3n) is 3.64. The van der Waals surface area contributed by atoms with Crippen LogP contribution in [0.25, 0.3) is 0 Å². The Labute approximate surface area is 118 Å². The summed E-state index contributed by atoms with van der Waals surface area (Å²) in [4.78, 5) is 19.3. The molecule has 1 aliphatic rings. The van der Waals surface area contributed by atoms with Crippen LogP contribution in [-0.4, -0.2) is 40.1 Å². The largest absolute Gasteiger partial charge is 0.373 e. The van der Waals surface area contributed by atoms with Crippen LogP contribution in [0.4, 0.5) is 11.6 Å². The van der Waals surface area contributed by atoms with Crippen LogP contribution >= 0.6 is 0 Å². The predicted molar refractivity (Wildman–Crippen MR) is 77.6 cm³/mol. The summed E-state index contributed by atoms with van der Waals surface area (Å²) in [5.74, 6) is 2.45. The first-order chi connectivity index (χ1) is 9.85. The van der Waals surface area contributed by atoms with Crippen molar-refractivity contribution in [3.05, 3.63) is 36.7 Å². The first-order valence-electron chi connectivity index (χ1n) is 6.85. The third kappa shape index (κ3) is 2.84. The number of rotatable bonds is 4. The molecule has 1 N–H and O–H groups in total. The molecule has 0 radical (unpaired) electrons. The van der Waals surface area contributed by atoms with Crippen molar-refractivity contribution in [1.82, 2.24) is 19.9 Å². The molecule has 1 fully saturated rings. The number of aromatic nitrogens is 4. The van der Waals surface area contributed by atoms with Crippen LogP contribution in [0.2, 0.25) is 0 Å². The van der Waals surface area contributed by atoms with E-state index in [-0.39, 0.29) is 0 Å². The molecule has 3 rings (SSSR count). The molecule has 0 spiro atoms. The second-order valence-corrected chi connectivity index (χ2v) is 5.01. The molecular weight excluding hydrogens is 252 g/mol. The van der Waals surface area contributed by atoms with E-state index in [1.54, 1.807) is 18.7 Å². The standard InChI is InChI=1S/C14H18N6/c1-15-13-7-12(18-10-19-13)6-11-2-5-20(9-11)14-8-16-3-4-17-14/h3-4,7-8,10-11H,2,5-6,9H2,1H3,(H,15,18,19)/t11-/m0/s1. The molecule has 2 aromatic heterocycles. The fourth-order valence-corrected chi connectivity index (χ4v) is 2.60. The number of hydrogen-bond acceptors (Lipinski definition) is 6. The van der Waals surface area contributed by atoms with Crippen LogP contribution in [0.3, 0.4) is 0 Å². The van der Waals surface area contributed by atoms with Gasteiger partial charge in [0.25, 0.3) is 0 Å². The summed E-state index contributed by atoms with van der Waals surface area (Å²) in [6.07, 6.45) is 9.04. The van der Waals surface area contributed by atoms with Gasteiger partial charge in [-0.1, -0.05) is 0 Å². The van der Waals surface area contributed by atoms with E-state index in [4.69, 9.17) is 0 Å². The SMILES string of the molecule is CNc1cc(C[C@@H]2CCN(c3cnccn3)C2)ncn1. The summed E-state index contributed by atoms with van der Waals surface area (Å²) in [5, 5.41) is 3.05. The molecule has 20 heavy (non-hydrogen) atoms. The smallest absolute Gasteiger partial charge is 0.147 e. The van der Waals surface area contributed by atoms with Crippen molar-refractivity contribution in [1.29, 1.82) is 0 Å². The van der Waals surface area contributed by atoms with Crippen LogP contribution in [-0.2, 0) is 6.42 Å². The Hall–Kier alpha value is -2.24. The van der Waals surface area contributed by atoms with Gasteiger partial charge >= 0.3 is 0 Å². The van der Waals surface area contributed by atoms with Gasteiger partial charge in [0, 0.05) is 44.3 Å². The Balaban J connectivity index is 1.63. The van der Waals surface area contributed by atoms with E-state index in [1.807, 2.05) is 19.3 Å². The van der Waals surface area contributed by atoms with Gasteiger partial charge in [0.2, 0.25) is 0 Å². The van der Waals surface area contributed by atoms with Gasteiger partial charge in [0.05, 0.1) is 6.20 Å². The lowest BCUT2D eigenvalue weighted by molar-refractivity contribution is 0.576. The Bertz CT molecular complexity index is 559. The highest BCUT2D eigenvalue weighted by molar-refractivity contribution is 5.37. The molecule has 0 amide bonds. The minimum Gasteiger partial charge on any atom is -0.373 e. The topological polar surface area (TPSA) is 66.8 Å². The average Bonchev–Trinajstić information content (AvgIpc) is 2.97. The Kier molecular flexibility index (Phi) is 3.71. The number of nitrogens with zero attached hydrogens (tertiary/aromatic N) is 5. The van der Waals surface area contributed by atoms with Crippen molar-refractivity contribution >= 4 is 11.6 Å². The maximum Gasteiger partial charge on any atom is 0.147 e. The van der Waals surface area contributed by atoms with E-state index >= 15 is 0 Å². The highest BCUT2D eigenvalue weighted by Gasteiger charge is 2.24. The molecule has 0 aliphatic carbocycles. The molecule has 0 saturated carbocycles. The highest BCUT2D eigenvalue weighted by Crippen LogP contribution is 2.24. The van der Waals surface area contributed by atoms with Crippen molar-refractivity contribution in [2.75, 3.05) is 30.4 Å². The lowest BCUT2D eigenvalue weighted by Gasteiger charge is -2.16.